The van der Waals surface area contributed by atoms with E-state index in [9.17, 15) is 0 Å². The van der Waals surface area contributed by atoms with E-state index in [1.54, 1.807) is 14.2 Å². The zero-order valence-corrected chi connectivity index (χ0v) is 19.3. The number of aliphatic imine (C=N–C) groups is 1. The summed E-state index contributed by atoms with van der Waals surface area (Å²) in [5.41, 5.74) is 3.84. The fourth-order valence-corrected chi connectivity index (χ4v) is 3.95. The van der Waals surface area contributed by atoms with Crippen LogP contribution in [0, 0.1) is 6.92 Å². The van der Waals surface area contributed by atoms with Crippen LogP contribution in [0.5, 0.6) is 11.5 Å². The van der Waals surface area contributed by atoms with Crippen molar-refractivity contribution in [1.29, 1.82) is 0 Å². The third-order valence-electron chi connectivity index (χ3n) is 5.79. The molecule has 2 aromatic rings. The van der Waals surface area contributed by atoms with Gasteiger partial charge in [-0.05, 0) is 44.2 Å². The molecule has 6 nitrogen and oxygen atoms in total. The van der Waals surface area contributed by atoms with Gasteiger partial charge in [0.1, 0.15) is 11.5 Å². The fourth-order valence-electron chi connectivity index (χ4n) is 3.95. The highest BCUT2D eigenvalue weighted by Gasteiger charge is 2.21. The number of aryl methyl sites for hydroxylation is 1. The average molecular weight is 425 g/mol. The van der Waals surface area contributed by atoms with Gasteiger partial charge in [-0.2, -0.15) is 0 Å². The molecule has 0 unspecified atom stereocenters. The summed E-state index contributed by atoms with van der Waals surface area (Å²) in [7, 11) is 3.38. The molecule has 6 heteroatoms. The second-order valence-electron chi connectivity index (χ2n) is 7.91. The number of piperidine rings is 1. The molecular formula is C25H36N4O2. The number of rotatable bonds is 8. The summed E-state index contributed by atoms with van der Waals surface area (Å²) < 4.78 is 10.8. The molecule has 1 saturated heterocycles. The van der Waals surface area contributed by atoms with Crippen molar-refractivity contribution in [1.82, 2.24) is 10.6 Å². The Morgan fingerprint density at radius 2 is 1.74 bits per heavy atom. The van der Waals surface area contributed by atoms with Gasteiger partial charge >= 0.3 is 0 Å². The molecule has 0 atom stereocenters. The van der Waals surface area contributed by atoms with E-state index in [2.05, 4.69) is 65.8 Å². The van der Waals surface area contributed by atoms with Crippen LogP contribution in [0.1, 0.15) is 30.9 Å². The lowest BCUT2D eigenvalue weighted by molar-refractivity contribution is 0.393. The van der Waals surface area contributed by atoms with E-state index < -0.39 is 0 Å². The lowest BCUT2D eigenvalue weighted by atomic mass is 10.0. The Bertz CT molecular complexity index is 838. The number of benzene rings is 2. The van der Waals surface area contributed by atoms with E-state index in [0.717, 1.165) is 68.6 Å². The Kier molecular flexibility index (Phi) is 8.44. The number of hydrogen-bond donors (Lipinski definition) is 2. The summed E-state index contributed by atoms with van der Waals surface area (Å²) in [6.07, 6.45) is 3.07. The molecule has 0 amide bonds. The van der Waals surface area contributed by atoms with Crippen molar-refractivity contribution in [2.45, 2.75) is 39.2 Å². The molecule has 1 aliphatic heterocycles. The molecule has 0 aliphatic carbocycles. The Morgan fingerprint density at radius 1 is 1.06 bits per heavy atom. The molecule has 168 valence electrons. The molecule has 1 aliphatic rings. The summed E-state index contributed by atoms with van der Waals surface area (Å²) in [6.45, 7) is 7.88. The van der Waals surface area contributed by atoms with E-state index in [-0.39, 0.29) is 0 Å². The molecule has 1 heterocycles. The molecule has 2 N–H and O–H groups in total. The second-order valence-corrected chi connectivity index (χ2v) is 7.91. The summed E-state index contributed by atoms with van der Waals surface area (Å²) in [6, 6.07) is 15.0. The molecule has 1 fully saturated rings. The van der Waals surface area contributed by atoms with Crippen molar-refractivity contribution >= 4 is 11.6 Å². The van der Waals surface area contributed by atoms with Gasteiger partial charge < -0.3 is 25.0 Å². The van der Waals surface area contributed by atoms with E-state index in [4.69, 9.17) is 14.5 Å². The number of methoxy groups -OCH3 is 2. The number of nitrogens with one attached hydrogen (secondary N) is 2. The first-order valence-electron chi connectivity index (χ1n) is 11.2. The molecule has 0 aromatic heterocycles. The predicted octanol–water partition coefficient (Wildman–Crippen LogP) is 3.78. The highest BCUT2D eigenvalue weighted by atomic mass is 16.5. The molecule has 0 saturated carbocycles. The van der Waals surface area contributed by atoms with Crippen LogP contribution in [-0.2, 0) is 6.42 Å². The third kappa shape index (κ3) is 6.54. The van der Waals surface area contributed by atoms with Crippen LogP contribution in [-0.4, -0.2) is 52.4 Å². The largest absolute Gasteiger partial charge is 0.497 e. The summed E-state index contributed by atoms with van der Waals surface area (Å²) in [5.74, 6) is 2.56. The van der Waals surface area contributed by atoms with E-state index in [1.165, 1.54) is 11.1 Å². The Balaban J connectivity index is 1.54. The number of guanidine groups is 1. The maximum Gasteiger partial charge on any atom is 0.191 e. The van der Waals surface area contributed by atoms with Gasteiger partial charge in [-0.1, -0.05) is 24.3 Å². The molecule has 3 rings (SSSR count). The Labute approximate surface area is 186 Å². The number of anilines is 1. The topological polar surface area (TPSA) is 58.1 Å². The molecule has 31 heavy (non-hydrogen) atoms. The minimum absolute atomic E-state index is 0.417. The van der Waals surface area contributed by atoms with E-state index in [1.807, 2.05) is 6.07 Å². The fraction of sp³-hybridized carbons (Fsp3) is 0.480. The van der Waals surface area contributed by atoms with Gasteiger partial charge in [0.2, 0.25) is 0 Å². The zero-order valence-electron chi connectivity index (χ0n) is 19.3. The van der Waals surface area contributed by atoms with Crippen LogP contribution in [0.4, 0.5) is 5.69 Å². The number of hydrogen-bond acceptors (Lipinski definition) is 4. The zero-order chi connectivity index (χ0) is 22.1. The number of nitrogens with zero attached hydrogens (tertiary/aromatic N) is 2. The standard InChI is InChI=1S/C25H36N4O2/c1-5-26-25(27-13-10-20-9-7-6-8-19(20)2)28-21-11-14-29(15-12-21)22-16-23(30-3)18-24(17-22)31-4/h6-9,16-18,21H,5,10-15H2,1-4H3,(H2,26,27,28). The molecule has 2 aromatic carbocycles. The first-order chi connectivity index (χ1) is 15.1. The number of ether oxygens (including phenoxy) is 2. The van der Waals surface area contributed by atoms with Gasteiger partial charge in [0.25, 0.3) is 0 Å². The lowest BCUT2D eigenvalue weighted by Crippen LogP contribution is -2.48. The van der Waals surface area contributed by atoms with Crippen molar-refractivity contribution in [3.8, 4) is 11.5 Å². The van der Waals surface area contributed by atoms with Gasteiger partial charge in [0.05, 0.1) is 14.2 Å². The van der Waals surface area contributed by atoms with Crippen molar-refractivity contribution in [2.24, 2.45) is 4.99 Å². The lowest BCUT2D eigenvalue weighted by Gasteiger charge is -2.34. The summed E-state index contributed by atoms with van der Waals surface area (Å²) in [5, 5.41) is 7.03. The van der Waals surface area contributed by atoms with Gasteiger partial charge in [-0.3, -0.25) is 4.99 Å². The molecule has 0 radical (unpaired) electrons. The normalized spacial score (nSPS) is 15.0. The van der Waals surface area contributed by atoms with E-state index >= 15 is 0 Å². The maximum absolute atomic E-state index is 5.42. The first kappa shape index (κ1) is 22.8. The molecule has 0 bridgehead atoms. The van der Waals surface area contributed by atoms with Crippen molar-refractivity contribution < 1.29 is 9.47 Å². The molecular weight excluding hydrogens is 388 g/mol. The van der Waals surface area contributed by atoms with Crippen LogP contribution in [0.25, 0.3) is 0 Å². The van der Waals surface area contributed by atoms with Gasteiger partial charge in [0.15, 0.2) is 5.96 Å². The first-order valence-corrected chi connectivity index (χ1v) is 11.2. The van der Waals surface area contributed by atoms with Crippen molar-refractivity contribution in [2.75, 3.05) is 45.3 Å². The Morgan fingerprint density at radius 3 is 2.35 bits per heavy atom. The highest BCUT2D eigenvalue weighted by molar-refractivity contribution is 5.80. The van der Waals surface area contributed by atoms with Crippen LogP contribution in [0.2, 0.25) is 0 Å². The van der Waals surface area contributed by atoms with Crippen LogP contribution in [0.15, 0.2) is 47.5 Å². The summed E-state index contributed by atoms with van der Waals surface area (Å²) in [4.78, 5) is 7.21. The smallest absolute Gasteiger partial charge is 0.191 e. The van der Waals surface area contributed by atoms with Crippen molar-refractivity contribution in [3.63, 3.8) is 0 Å². The van der Waals surface area contributed by atoms with E-state index in [0.29, 0.717) is 6.04 Å². The van der Waals surface area contributed by atoms with Crippen LogP contribution in [0.3, 0.4) is 0 Å². The Hall–Kier alpha value is -2.89. The van der Waals surface area contributed by atoms with Gasteiger partial charge in [-0.25, -0.2) is 0 Å². The predicted molar refractivity (Wildman–Crippen MR) is 129 cm³/mol. The maximum atomic E-state index is 5.42. The SMILES string of the molecule is CCNC(=NCCc1ccccc1C)NC1CCN(c2cc(OC)cc(OC)c2)CC1. The second kappa shape index (κ2) is 11.5. The quantitative estimate of drug-likeness (QED) is 0.499. The minimum Gasteiger partial charge on any atom is -0.497 e. The highest BCUT2D eigenvalue weighted by Crippen LogP contribution is 2.30. The third-order valence-corrected chi connectivity index (χ3v) is 5.79. The van der Waals surface area contributed by atoms with Gasteiger partial charge in [-0.15, -0.1) is 0 Å². The molecule has 0 spiro atoms. The van der Waals surface area contributed by atoms with Crippen LogP contribution >= 0.6 is 0 Å². The average Bonchev–Trinajstić information content (AvgIpc) is 2.80. The van der Waals surface area contributed by atoms with Crippen LogP contribution < -0.4 is 25.0 Å². The summed E-state index contributed by atoms with van der Waals surface area (Å²) >= 11 is 0. The minimum atomic E-state index is 0.417. The van der Waals surface area contributed by atoms with Crippen molar-refractivity contribution in [3.05, 3.63) is 53.6 Å². The van der Waals surface area contributed by atoms with Gasteiger partial charge in [0, 0.05) is 56.1 Å². The monoisotopic (exact) mass is 424 g/mol.